The molecule has 2 unspecified atom stereocenters. The zero-order valence-electron chi connectivity index (χ0n) is 68.7. The van der Waals surface area contributed by atoms with Crippen LogP contribution in [0.5, 0.6) is 23.0 Å². The van der Waals surface area contributed by atoms with Crippen molar-refractivity contribution in [1.29, 1.82) is 0 Å². The molecule has 15 heteroatoms. The molecular weight excluding hydrogens is 1440 g/mol. The van der Waals surface area contributed by atoms with Gasteiger partial charge in [-0.3, -0.25) is 9.59 Å². The number of H-pyrrole nitrogens is 1. The van der Waals surface area contributed by atoms with Crippen LogP contribution in [0.4, 0.5) is 17.1 Å². The number of carbonyl (C=O) groups excluding carboxylic acids is 2. The summed E-state index contributed by atoms with van der Waals surface area (Å²) < 4.78 is 44.1. The fourth-order valence-corrected chi connectivity index (χ4v) is 14.6. The molecule has 596 valence electrons. The van der Waals surface area contributed by atoms with Gasteiger partial charge in [0, 0.05) is 77.9 Å². The van der Waals surface area contributed by atoms with Crippen molar-refractivity contribution in [2.45, 2.75) is 92.9 Å². The maximum atomic E-state index is 15.7. The minimum atomic E-state index is -0.137. The summed E-state index contributed by atoms with van der Waals surface area (Å²) in [6.07, 6.45) is 18.4. The van der Waals surface area contributed by atoms with E-state index in [4.69, 9.17) is 42.9 Å². The summed E-state index contributed by atoms with van der Waals surface area (Å²) in [5.41, 5.74) is 19.8. The van der Waals surface area contributed by atoms with Crippen LogP contribution < -0.4 is 23.8 Å². The molecule has 1 aromatic heterocycles. The van der Waals surface area contributed by atoms with E-state index in [2.05, 4.69) is 142 Å². The molecule has 8 aromatic carbocycles. The first-order valence-electron chi connectivity index (χ1n) is 40.6. The van der Waals surface area contributed by atoms with Crippen molar-refractivity contribution >= 4 is 69.8 Å². The van der Waals surface area contributed by atoms with Gasteiger partial charge in [0.25, 0.3) is 11.8 Å². The predicted molar refractivity (Wildman–Crippen MR) is 469 cm³/mol. The largest absolute Gasteiger partial charge is 0.497 e. The van der Waals surface area contributed by atoms with E-state index in [1.54, 1.807) is 28.4 Å². The number of aryl methyl sites for hydroxylation is 1. The Morgan fingerprint density at radius 1 is 0.466 bits per heavy atom. The molecule has 3 aliphatic rings. The van der Waals surface area contributed by atoms with Crippen molar-refractivity contribution in [2.75, 3.05) is 99.3 Å². The van der Waals surface area contributed by atoms with Crippen LogP contribution in [0, 0.1) is 42.4 Å². The average molecular weight is 1550 g/mol. The lowest BCUT2D eigenvalue weighted by Crippen LogP contribution is -2.34. The number of unbranched alkanes of at least 4 members (excludes halogenated alkanes) is 2. The van der Waals surface area contributed by atoms with Crippen LogP contribution >= 0.6 is 0 Å². The number of anilines is 3. The lowest BCUT2D eigenvalue weighted by atomic mass is 9.95. The van der Waals surface area contributed by atoms with E-state index in [1.165, 1.54) is 0 Å². The van der Waals surface area contributed by atoms with Gasteiger partial charge in [-0.2, -0.15) is 0 Å². The predicted octanol–water partition coefficient (Wildman–Crippen LogP) is 21.0. The molecule has 116 heavy (non-hydrogen) atoms. The van der Waals surface area contributed by atoms with Gasteiger partial charge in [0.15, 0.2) is 0 Å². The lowest BCUT2D eigenvalue weighted by Gasteiger charge is -2.29. The fourth-order valence-electron chi connectivity index (χ4n) is 14.6. The minimum absolute atomic E-state index is 0.137. The average Bonchev–Trinajstić information content (AvgIpc) is 1.55. The SMILES string of the molecule is CCCCC(CC)CN1C(=O)C2=C(c3ccc(C#Cc4ccc(N(c5ccc(OC)cc5)c5ccc(OC)cc5)cc4)cc3)N(CC(CC)CCCC)C(=O)C2=C1c1ccc(C#Cc2ccc(/C(=C3N=C(/C=C/c4ccc(OCCOCCOC)cc4)C=C/3C)c3[nH]c(/C=C/c4ccc(OCCOCCOC)cc4)cc3C)cc2)cc1. The Bertz CT molecular complexity index is 5110. The summed E-state index contributed by atoms with van der Waals surface area (Å²) in [7, 11) is 6.65. The van der Waals surface area contributed by atoms with Gasteiger partial charge < -0.3 is 57.6 Å². The van der Waals surface area contributed by atoms with Crippen molar-refractivity contribution in [3.63, 3.8) is 0 Å². The summed E-state index contributed by atoms with van der Waals surface area (Å²) in [4.78, 5) is 46.5. The van der Waals surface area contributed by atoms with Gasteiger partial charge in [-0.15, -0.1) is 0 Å². The van der Waals surface area contributed by atoms with Gasteiger partial charge in [-0.1, -0.05) is 163 Å². The van der Waals surface area contributed by atoms with Gasteiger partial charge in [-0.25, -0.2) is 4.99 Å². The van der Waals surface area contributed by atoms with Gasteiger partial charge in [0.2, 0.25) is 0 Å². The van der Waals surface area contributed by atoms with E-state index < -0.39 is 0 Å². The molecule has 1 N–H and O–H groups in total. The summed E-state index contributed by atoms with van der Waals surface area (Å²) >= 11 is 0. The number of benzene rings is 8. The van der Waals surface area contributed by atoms with E-state index in [9.17, 15) is 0 Å². The third-order valence-corrected chi connectivity index (χ3v) is 21.1. The van der Waals surface area contributed by atoms with Gasteiger partial charge in [0.05, 0.1) is 93.5 Å². The summed E-state index contributed by atoms with van der Waals surface area (Å²) in [5, 5.41) is 0. The van der Waals surface area contributed by atoms with Crippen LogP contribution in [0.2, 0.25) is 0 Å². The van der Waals surface area contributed by atoms with Crippen LogP contribution in [0.1, 0.15) is 153 Å². The highest BCUT2D eigenvalue weighted by Gasteiger charge is 2.49. The van der Waals surface area contributed by atoms with Crippen molar-refractivity contribution in [1.82, 2.24) is 14.8 Å². The number of nitrogens with zero attached hydrogens (tertiary/aromatic N) is 4. The molecule has 12 rings (SSSR count). The molecule has 0 bridgehead atoms. The maximum Gasteiger partial charge on any atom is 0.261 e. The number of aliphatic imine (C=N–C) groups is 1. The Morgan fingerprint density at radius 2 is 0.862 bits per heavy atom. The second kappa shape index (κ2) is 41.9. The summed E-state index contributed by atoms with van der Waals surface area (Å²) in [5.74, 6) is 17.0. The smallest absolute Gasteiger partial charge is 0.261 e. The Morgan fingerprint density at radius 3 is 1.28 bits per heavy atom. The topological polar surface area (TPSA) is 146 Å². The zero-order chi connectivity index (χ0) is 81.1. The fraction of sp³-hybridized carbons (Fsp3) is 0.297. The second-order valence-corrected chi connectivity index (χ2v) is 29.2. The third-order valence-electron chi connectivity index (χ3n) is 21.1. The van der Waals surface area contributed by atoms with Gasteiger partial charge in [-0.05, 0) is 235 Å². The number of fused-ring (bicyclic) bond motifs is 1. The molecule has 0 saturated heterocycles. The van der Waals surface area contributed by atoms with Crippen LogP contribution in [0.25, 0.3) is 35.2 Å². The number of hydrogen-bond acceptors (Lipinski definition) is 12. The molecule has 2 atom stereocenters. The number of amides is 2. The first-order valence-corrected chi connectivity index (χ1v) is 40.6. The number of nitrogens with one attached hydrogen (secondary N) is 1. The minimum Gasteiger partial charge on any atom is -0.497 e. The summed E-state index contributed by atoms with van der Waals surface area (Å²) in [6.45, 7) is 18.1. The molecule has 9 aromatic rings. The summed E-state index contributed by atoms with van der Waals surface area (Å²) in [6, 6.07) is 66.9. The number of hydrogen-bond donors (Lipinski definition) is 1. The van der Waals surface area contributed by atoms with Crippen LogP contribution in [0.15, 0.2) is 240 Å². The molecule has 4 heterocycles. The van der Waals surface area contributed by atoms with E-state index in [-0.39, 0.29) is 23.7 Å². The van der Waals surface area contributed by atoms with Crippen molar-refractivity contribution in [2.24, 2.45) is 16.8 Å². The quantitative estimate of drug-likeness (QED) is 0.0290. The van der Waals surface area contributed by atoms with E-state index in [0.717, 1.165) is 181 Å². The number of allylic oxidation sites excluding steroid dienone is 3. The van der Waals surface area contributed by atoms with Crippen molar-refractivity contribution < 1.29 is 47.5 Å². The molecule has 15 nitrogen and oxygen atoms in total. The van der Waals surface area contributed by atoms with Gasteiger partial charge in [0.1, 0.15) is 36.2 Å². The first-order chi connectivity index (χ1) is 56.8. The Labute approximate surface area is 685 Å². The Kier molecular flexibility index (Phi) is 30.1. The lowest BCUT2D eigenvalue weighted by molar-refractivity contribution is -0.124. The number of methoxy groups -OCH3 is 4. The van der Waals surface area contributed by atoms with Crippen LogP contribution in [0.3, 0.4) is 0 Å². The Hall–Kier alpha value is -12.0. The van der Waals surface area contributed by atoms with Crippen LogP contribution in [-0.4, -0.2) is 127 Å². The molecule has 3 aliphatic heterocycles. The third kappa shape index (κ3) is 21.5. The first kappa shape index (κ1) is 83.5. The molecule has 0 aliphatic carbocycles. The molecule has 2 amide bonds. The number of rotatable bonds is 39. The molecular formula is C101H107N5O10. The maximum absolute atomic E-state index is 15.7. The molecule has 0 fully saturated rings. The standard InChI is InChI=1S/C101H107N5O10/c1-11-15-17-73(13-3)69-104-98(94-95(101(104)108)99(105(100(94)107)70-74(14-4)18-16-12-2)83-41-27-77(28-42-83)21-22-78-31-45-86(46-32-78)106(87-47-55-89(111-9)56-48-87)88-49-57-90(112-10)58-50-88)82-39-25-76(26-40-82)20-19-75-23-37-81(38-24-75)93(96-71(5)67-84(102-96)43-29-79-33-51-91(52-34-79)115-65-63-113-61-59-109-7)97-72(6)68-85(103-97)44-30-80-35-53-92(54-36-80)116-66-64-114-62-60-110-8/h23-58,67-68,73-74,102H,11-18,59-66,69-70H2,1-10H3/b43-29+,44-30+,97-93-. The number of aromatic amines is 1. The van der Waals surface area contributed by atoms with Gasteiger partial charge >= 0.3 is 0 Å². The number of carbonyl (C=O) groups is 2. The molecule has 0 saturated carbocycles. The van der Waals surface area contributed by atoms with Crippen molar-refractivity contribution in [3.05, 3.63) is 302 Å². The normalized spacial score (nSPS) is 14.2. The highest BCUT2D eigenvalue weighted by molar-refractivity contribution is 6.30. The van der Waals surface area contributed by atoms with E-state index >= 15 is 9.59 Å². The number of aromatic nitrogens is 1. The zero-order valence-corrected chi connectivity index (χ0v) is 68.7. The number of ether oxygens (including phenoxy) is 8. The highest BCUT2D eigenvalue weighted by Crippen LogP contribution is 2.48. The Balaban J connectivity index is 0.828. The molecule has 0 radical (unpaired) electrons. The highest BCUT2D eigenvalue weighted by atomic mass is 16.5. The molecule has 0 spiro atoms. The monoisotopic (exact) mass is 1550 g/mol. The van der Waals surface area contributed by atoms with E-state index in [0.29, 0.717) is 88.5 Å². The van der Waals surface area contributed by atoms with Crippen LogP contribution in [-0.2, 0) is 28.5 Å². The van der Waals surface area contributed by atoms with E-state index in [1.807, 2.05) is 174 Å². The second-order valence-electron chi connectivity index (χ2n) is 29.2. The van der Waals surface area contributed by atoms with Crippen molar-refractivity contribution in [3.8, 4) is 46.7 Å².